The standard InChI is InChI=1S/C11H15NO/c1-3-5-12-6-4-11(8-12)7-10(2)9-13/h4,6-9H,3,5H2,1-2H3. The second-order valence-electron chi connectivity index (χ2n) is 3.19. The van der Waals surface area contributed by atoms with Crippen molar-refractivity contribution >= 4 is 12.4 Å². The molecule has 0 aliphatic heterocycles. The SMILES string of the molecule is CCCn1ccc(C=C(C)C=O)c1. The van der Waals surface area contributed by atoms with Gasteiger partial charge in [-0.3, -0.25) is 4.79 Å². The molecule has 2 nitrogen and oxygen atoms in total. The second-order valence-corrected chi connectivity index (χ2v) is 3.19. The van der Waals surface area contributed by atoms with Gasteiger partial charge in [-0.25, -0.2) is 0 Å². The first-order valence-electron chi connectivity index (χ1n) is 4.55. The van der Waals surface area contributed by atoms with E-state index in [-0.39, 0.29) is 0 Å². The number of nitrogens with zero attached hydrogens (tertiary/aromatic N) is 1. The molecule has 0 spiro atoms. The van der Waals surface area contributed by atoms with Gasteiger partial charge in [0, 0.05) is 18.9 Å². The summed E-state index contributed by atoms with van der Waals surface area (Å²) in [6.07, 6.45) is 7.98. The maximum atomic E-state index is 10.4. The number of allylic oxidation sites excluding steroid dienone is 1. The van der Waals surface area contributed by atoms with Gasteiger partial charge in [-0.15, -0.1) is 0 Å². The molecule has 0 fully saturated rings. The van der Waals surface area contributed by atoms with E-state index in [1.54, 1.807) is 0 Å². The van der Waals surface area contributed by atoms with Crippen LogP contribution < -0.4 is 0 Å². The maximum Gasteiger partial charge on any atom is 0.145 e. The van der Waals surface area contributed by atoms with Gasteiger partial charge in [-0.1, -0.05) is 6.92 Å². The topological polar surface area (TPSA) is 22.0 Å². The summed E-state index contributed by atoms with van der Waals surface area (Å²) in [6, 6.07) is 2.02. The summed E-state index contributed by atoms with van der Waals surface area (Å²) in [5.74, 6) is 0. The van der Waals surface area contributed by atoms with Crippen molar-refractivity contribution in [3.8, 4) is 0 Å². The van der Waals surface area contributed by atoms with Crippen molar-refractivity contribution in [1.82, 2.24) is 4.57 Å². The van der Waals surface area contributed by atoms with Crippen LogP contribution in [-0.2, 0) is 11.3 Å². The largest absolute Gasteiger partial charge is 0.354 e. The lowest BCUT2D eigenvalue weighted by Gasteiger charge is -1.96. The Morgan fingerprint density at radius 1 is 1.62 bits per heavy atom. The number of aldehydes is 1. The van der Waals surface area contributed by atoms with Crippen molar-refractivity contribution < 1.29 is 4.79 Å². The molecule has 1 aromatic rings. The van der Waals surface area contributed by atoms with Gasteiger partial charge in [0.05, 0.1) is 0 Å². The predicted octanol–water partition coefficient (Wildman–Crippen LogP) is 2.50. The molecule has 0 radical (unpaired) electrons. The molecule has 0 unspecified atom stereocenters. The molecule has 1 rings (SSSR count). The summed E-state index contributed by atoms with van der Waals surface area (Å²) in [5.41, 5.74) is 1.85. The Morgan fingerprint density at radius 2 is 2.38 bits per heavy atom. The van der Waals surface area contributed by atoms with Crippen LogP contribution in [0.2, 0.25) is 0 Å². The van der Waals surface area contributed by atoms with Gasteiger partial charge < -0.3 is 4.57 Å². The molecule has 2 heteroatoms. The molecule has 0 aliphatic carbocycles. The third kappa shape index (κ3) is 2.90. The lowest BCUT2D eigenvalue weighted by molar-refractivity contribution is -0.104. The number of carbonyl (C=O) groups is 1. The van der Waals surface area contributed by atoms with E-state index in [0.717, 1.165) is 30.4 Å². The van der Waals surface area contributed by atoms with Gasteiger partial charge in [-0.2, -0.15) is 0 Å². The van der Waals surface area contributed by atoms with E-state index in [0.29, 0.717) is 0 Å². The van der Waals surface area contributed by atoms with E-state index in [2.05, 4.69) is 17.7 Å². The molecule has 0 saturated carbocycles. The molecular formula is C11H15NO. The zero-order valence-electron chi connectivity index (χ0n) is 8.16. The number of aryl methyl sites for hydroxylation is 1. The highest BCUT2D eigenvalue weighted by molar-refractivity contribution is 5.80. The quantitative estimate of drug-likeness (QED) is 0.511. The Hall–Kier alpha value is -1.31. The van der Waals surface area contributed by atoms with E-state index >= 15 is 0 Å². The fraction of sp³-hybridized carbons (Fsp3) is 0.364. The van der Waals surface area contributed by atoms with Gasteiger partial charge >= 0.3 is 0 Å². The van der Waals surface area contributed by atoms with Crippen molar-refractivity contribution in [2.75, 3.05) is 0 Å². The summed E-state index contributed by atoms with van der Waals surface area (Å²) < 4.78 is 2.13. The van der Waals surface area contributed by atoms with Gasteiger partial charge in [0.2, 0.25) is 0 Å². The maximum absolute atomic E-state index is 10.4. The Kier molecular flexibility index (Phi) is 3.50. The fourth-order valence-corrected chi connectivity index (χ4v) is 1.24. The number of rotatable bonds is 4. The summed E-state index contributed by atoms with van der Waals surface area (Å²) >= 11 is 0. The number of hydrogen-bond donors (Lipinski definition) is 0. The molecule has 0 bridgehead atoms. The van der Waals surface area contributed by atoms with E-state index < -0.39 is 0 Å². The molecule has 70 valence electrons. The van der Waals surface area contributed by atoms with E-state index in [9.17, 15) is 4.79 Å². The van der Waals surface area contributed by atoms with Crippen molar-refractivity contribution in [3.05, 3.63) is 29.6 Å². The van der Waals surface area contributed by atoms with Gasteiger partial charge in [0.15, 0.2) is 0 Å². The molecule has 0 N–H and O–H groups in total. The van der Waals surface area contributed by atoms with Crippen LogP contribution in [0.1, 0.15) is 25.8 Å². The summed E-state index contributed by atoms with van der Waals surface area (Å²) in [7, 11) is 0. The highest BCUT2D eigenvalue weighted by Crippen LogP contribution is 2.06. The van der Waals surface area contributed by atoms with Crippen molar-refractivity contribution in [2.24, 2.45) is 0 Å². The van der Waals surface area contributed by atoms with E-state index in [4.69, 9.17) is 0 Å². The predicted molar refractivity (Wildman–Crippen MR) is 54.4 cm³/mol. The minimum Gasteiger partial charge on any atom is -0.354 e. The third-order valence-electron chi connectivity index (χ3n) is 1.84. The van der Waals surface area contributed by atoms with Crippen LogP contribution in [0.4, 0.5) is 0 Å². The monoisotopic (exact) mass is 177 g/mol. The van der Waals surface area contributed by atoms with Crippen molar-refractivity contribution in [3.63, 3.8) is 0 Å². The molecule has 0 saturated heterocycles. The van der Waals surface area contributed by atoms with Crippen molar-refractivity contribution in [2.45, 2.75) is 26.8 Å². The summed E-state index contributed by atoms with van der Waals surface area (Å²) in [4.78, 5) is 10.4. The molecule has 0 aliphatic rings. The van der Waals surface area contributed by atoms with Crippen LogP contribution in [0.3, 0.4) is 0 Å². The summed E-state index contributed by atoms with van der Waals surface area (Å²) in [5, 5.41) is 0. The molecule has 0 aromatic carbocycles. The van der Waals surface area contributed by atoms with Crippen LogP contribution in [0.15, 0.2) is 24.0 Å². The Bertz CT molecular complexity index is 310. The first-order valence-corrected chi connectivity index (χ1v) is 4.55. The zero-order chi connectivity index (χ0) is 9.68. The molecule has 13 heavy (non-hydrogen) atoms. The van der Waals surface area contributed by atoms with Gasteiger partial charge in [-0.05, 0) is 36.6 Å². The first-order chi connectivity index (χ1) is 6.26. The molecule has 0 amide bonds. The average molecular weight is 177 g/mol. The number of aromatic nitrogens is 1. The lowest BCUT2D eigenvalue weighted by Crippen LogP contribution is -1.90. The van der Waals surface area contributed by atoms with E-state index in [1.807, 2.05) is 25.3 Å². The normalized spacial score (nSPS) is 11.7. The molecular weight excluding hydrogens is 162 g/mol. The average Bonchev–Trinajstić information content (AvgIpc) is 2.53. The molecule has 1 aromatic heterocycles. The number of carbonyl (C=O) groups excluding carboxylic acids is 1. The van der Waals surface area contributed by atoms with Gasteiger partial charge in [0.1, 0.15) is 6.29 Å². The summed E-state index contributed by atoms with van der Waals surface area (Å²) in [6.45, 7) is 4.99. The highest BCUT2D eigenvalue weighted by Gasteiger charge is 1.93. The van der Waals surface area contributed by atoms with Crippen LogP contribution in [0.25, 0.3) is 6.08 Å². The first kappa shape index (κ1) is 9.78. The fourth-order valence-electron chi connectivity index (χ4n) is 1.24. The molecule has 1 heterocycles. The Labute approximate surface area is 78.9 Å². The van der Waals surface area contributed by atoms with Crippen LogP contribution in [0, 0.1) is 0 Å². The lowest BCUT2D eigenvalue weighted by atomic mass is 10.2. The Morgan fingerprint density at radius 3 is 3.00 bits per heavy atom. The highest BCUT2D eigenvalue weighted by atomic mass is 16.1. The smallest absolute Gasteiger partial charge is 0.145 e. The van der Waals surface area contributed by atoms with E-state index in [1.165, 1.54) is 0 Å². The number of hydrogen-bond acceptors (Lipinski definition) is 1. The van der Waals surface area contributed by atoms with Crippen LogP contribution in [-0.4, -0.2) is 10.9 Å². The molecule has 0 atom stereocenters. The second kappa shape index (κ2) is 4.65. The van der Waals surface area contributed by atoms with Crippen LogP contribution >= 0.6 is 0 Å². The van der Waals surface area contributed by atoms with Crippen LogP contribution in [0.5, 0.6) is 0 Å². The minimum atomic E-state index is 0.759. The Balaban J connectivity index is 2.74. The minimum absolute atomic E-state index is 0.759. The zero-order valence-corrected chi connectivity index (χ0v) is 8.16. The van der Waals surface area contributed by atoms with Gasteiger partial charge in [0.25, 0.3) is 0 Å². The van der Waals surface area contributed by atoms with Crippen molar-refractivity contribution in [1.29, 1.82) is 0 Å². The third-order valence-corrected chi connectivity index (χ3v) is 1.84.